The Bertz CT molecular complexity index is 1690. The Hall–Kier alpha value is -4.52. The van der Waals surface area contributed by atoms with E-state index in [1.54, 1.807) is 18.2 Å². The first-order valence-electron chi connectivity index (χ1n) is 11.7. The molecule has 1 amide bonds. The molecule has 180 valence electrons. The molecule has 5 aromatic rings. The number of ether oxygens (including phenoxy) is 2. The minimum absolute atomic E-state index is 0.359. The maximum Gasteiger partial charge on any atom is 0.336 e. The fraction of sp³-hybridized carbons (Fsp3) is 0.172. The van der Waals surface area contributed by atoms with Gasteiger partial charge in [0.05, 0.1) is 19.9 Å². The summed E-state index contributed by atoms with van der Waals surface area (Å²) in [4.78, 5) is 26.0. The highest BCUT2D eigenvalue weighted by Gasteiger charge is 2.23. The maximum atomic E-state index is 13.4. The lowest BCUT2D eigenvalue weighted by Gasteiger charge is -2.11. The molecule has 6 rings (SSSR count). The molecule has 7 heteroatoms. The van der Waals surface area contributed by atoms with E-state index in [9.17, 15) is 9.59 Å². The summed E-state index contributed by atoms with van der Waals surface area (Å²) in [5.74, 6) is 1.03. The lowest BCUT2D eigenvalue weighted by atomic mass is 10.0. The van der Waals surface area contributed by atoms with Gasteiger partial charge in [0.25, 0.3) is 5.91 Å². The summed E-state index contributed by atoms with van der Waals surface area (Å²) in [6.45, 7) is 0. The Morgan fingerprint density at radius 2 is 1.56 bits per heavy atom. The lowest BCUT2D eigenvalue weighted by molar-refractivity contribution is 0.102. The molecule has 0 radical (unpaired) electrons. The summed E-state index contributed by atoms with van der Waals surface area (Å²) in [6.07, 6.45) is 3.02. The molecule has 0 fully saturated rings. The summed E-state index contributed by atoms with van der Waals surface area (Å²) in [5.41, 5.74) is 4.47. The van der Waals surface area contributed by atoms with Gasteiger partial charge >= 0.3 is 5.63 Å². The number of nitrogens with one attached hydrogen (secondary N) is 1. The third-order valence-corrected chi connectivity index (χ3v) is 6.65. The second kappa shape index (κ2) is 8.61. The number of methoxy groups -OCH3 is 2. The van der Waals surface area contributed by atoms with Gasteiger partial charge in [-0.15, -0.1) is 0 Å². The van der Waals surface area contributed by atoms with Gasteiger partial charge in [-0.25, -0.2) is 4.79 Å². The van der Waals surface area contributed by atoms with E-state index in [4.69, 9.17) is 18.3 Å². The SMILES string of the molecule is COc1cc(OC)cc(C(=O)Nc2c(-c3cc(=O)oc4cc5c(cc34)CCC5)oc3ccccc23)c1. The van der Waals surface area contributed by atoms with Gasteiger partial charge in [-0.3, -0.25) is 4.79 Å². The first-order chi connectivity index (χ1) is 17.5. The lowest BCUT2D eigenvalue weighted by Crippen LogP contribution is -2.13. The Morgan fingerprint density at radius 3 is 2.31 bits per heavy atom. The van der Waals surface area contributed by atoms with Gasteiger partial charge in [0.15, 0.2) is 5.76 Å². The Balaban J connectivity index is 1.53. The summed E-state index contributed by atoms with van der Waals surface area (Å²) < 4.78 is 22.4. The molecule has 0 atom stereocenters. The van der Waals surface area contributed by atoms with E-state index in [-0.39, 0.29) is 5.91 Å². The molecule has 0 saturated carbocycles. The summed E-state index contributed by atoms with van der Waals surface area (Å²) in [7, 11) is 3.06. The molecule has 1 aliphatic rings. The highest BCUT2D eigenvalue weighted by Crippen LogP contribution is 2.41. The van der Waals surface area contributed by atoms with Gasteiger partial charge in [0.2, 0.25) is 0 Å². The predicted octanol–water partition coefficient (Wildman–Crippen LogP) is 5.96. The van der Waals surface area contributed by atoms with Crippen LogP contribution in [-0.4, -0.2) is 20.1 Å². The average molecular weight is 482 g/mol. The second-order valence-corrected chi connectivity index (χ2v) is 8.81. The molecule has 0 saturated heterocycles. The molecule has 2 aromatic heterocycles. The van der Waals surface area contributed by atoms with Crippen LogP contribution >= 0.6 is 0 Å². The third kappa shape index (κ3) is 3.69. The normalized spacial score (nSPS) is 12.6. The van der Waals surface area contributed by atoms with Crippen LogP contribution in [0.4, 0.5) is 5.69 Å². The minimum Gasteiger partial charge on any atom is -0.497 e. The zero-order valence-corrected chi connectivity index (χ0v) is 19.8. The van der Waals surface area contributed by atoms with Crippen LogP contribution in [0, 0.1) is 0 Å². The number of hydrogen-bond acceptors (Lipinski definition) is 6. The molecule has 0 spiro atoms. The number of carbonyl (C=O) groups is 1. The number of anilines is 1. The average Bonchev–Trinajstić information content (AvgIpc) is 3.50. The molecular weight excluding hydrogens is 458 g/mol. The summed E-state index contributed by atoms with van der Waals surface area (Å²) in [6, 6.07) is 17.8. The number of rotatable bonds is 5. The minimum atomic E-state index is -0.481. The van der Waals surface area contributed by atoms with Crippen LogP contribution in [0.5, 0.6) is 11.5 Å². The molecule has 36 heavy (non-hydrogen) atoms. The van der Waals surface area contributed by atoms with Crippen molar-refractivity contribution in [2.24, 2.45) is 0 Å². The predicted molar refractivity (Wildman–Crippen MR) is 137 cm³/mol. The van der Waals surface area contributed by atoms with E-state index in [1.165, 1.54) is 31.4 Å². The Labute approximate surface area is 206 Å². The van der Waals surface area contributed by atoms with Crippen molar-refractivity contribution in [1.29, 1.82) is 0 Å². The van der Waals surface area contributed by atoms with Crippen molar-refractivity contribution in [3.05, 3.63) is 87.8 Å². The van der Waals surface area contributed by atoms with Crippen molar-refractivity contribution in [2.75, 3.05) is 19.5 Å². The highest BCUT2D eigenvalue weighted by molar-refractivity contribution is 6.13. The standard InChI is InChI=1S/C29H23NO6/c1-33-19-10-18(11-20(14-19)34-2)29(32)30-27-21-8-3-4-9-24(21)36-28(27)23-15-26(31)35-25-13-17-7-5-6-16(17)12-22(23)25/h3-4,8-15H,5-7H2,1-2H3,(H,30,32). The van der Waals surface area contributed by atoms with Crippen molar-refractivity contribution < 1.29 is 23.1 Å². The van der Waals surface area contributed by atoms with Crippen LogP contribution in [0.15, 0.2) is 74.3 Å². The number of furan rings is 1. The number of hydrogen-bond donors (Lipinski definition) is 1. The van der Waals surface area contributed by atoms with Crippen LogP contribution in [0.25, 0.3) is 33.3 Å². The van der Waals surface area contributed by atoms with E-state index in [2.05, 4.69) is 11.4 Å². The number of amides is 1. The molecule has 0 bridgehead atoms. The van der Waals surface area contributed by atoms with E-state index in [0.717, 1.165) is 30.0 Å². The number of carbonyl (C=O) groups excluding carboxylic acids is 1. The van der Waals surface area contributed by atoms with E-state index < -0.39 is 5.63 Å². The summed E-state index contributed by atoms with van der Waals surface area (Å²) in [5, 5.41) is 4.50. The first kappa shape index (κ1) is 22.0. The summed E-state index contributed by atoms with van der Waals surface area (Å²) >= 11 is 0. The number of aryl methyl sites for hydroxylation is 2. The number of para-hydroxylation sites is 1. The van der Waals surface area contributed by atoms with Crippen LogP contribution in [-0.2, 0) is 12.8 Å². The topological polar surface area (TPSA) is 90.9 Å². The molecular formula is C29H23NO6. The fourth-order valence-electron chi connectivity index (χ4n) is 4.90. The van der Waals surface area contributed by atoms with Crippen molar-refractivity contribution in [2.45, 2.75) is 19.3 Å². The number of fused-ring (bicyclic) bond motifs is 3. The van der Waals surface area contributed by atoms with Crippen molar-refractivity contribution in [1.82, 2.24) is 0 Å². The quantitative estimate of drug-likeness (QED) is 0.311. The third-order valence-electron chi connectivity index (χ3n) is 6.65. The molecule has 0 aliphatic heterocycles. The molecule has 0 unspecified atom stereocenters. The second-order valence-electron chi connectivity index (χ2n) is 8.81. The van der Waals surface area contributed by atoms with Crippen LogP contribution in [0.2, 0.25) is 0 Å². The molecule has 1 N–H and O–H groups in total. The van der Waals surface area contributed by atoms with Gasteiger partial charge in [-0.2, -0.15) is 0 Å². The van der Waals surface area contributed by atoms with Crippen molar-refractivity contribution >= 4 is 33.5 Å². The van der Waals surface area contributed by atoms with Crippen molar-refractivity contribution in [3.8, 4) is 22.8 Å². The van der Waals surface area contributed by atoms with Gasteiger partial charge in [-0.05, 0) is 66.8 Å². The van der Waals surface area contributed by atoms with Crippen molar-refractivity contribution in [3.63, 3.8) is 0 Å². The Morgan fingerprint density at radius 1 is 0.833 bits per heavy atom. The first-order valence-corrected chi connectivity index (χ1v) is 11.7. The van der Waals surface area contributed by atoms with E-state index >= 15 is 0 Å². The maximum absolute atomic E-state index is 13.4. The largest absolute Gasteiger partial charge is 0.497 e. The van der Waals surface area contributed by atoms with Crippen LogP contribution in [0.1, 0.15) is 27.9 Å². The Kier molecular flexibility index (Phi) is 5.25. The molecule has 7 nitrogen and oxygen atoms in total. The fourth-order valence-corrected chi connectivity index (χ4v) is 4.90. The van der Waals surface area contributed by atoms with Crippen LogP contribution in [0.3, 0.4) is 0 Å². The highest BCUT2D eigenvalue weighted by atomic mass is 16.5. The van der Waals surface area contributed by atoms with E-state index in [0.29, 0.717) is 45.2 Å². The van der Waals surface area contributed by atoms with Gasteiger partial charge in [-0.1, -0.05) is 12.1 Å². The molecule has 1 aliphatic carbocycles. The zero-order chi connectivity index (χ0) is 24.8. The van der Waals surface area contributed by atoms with Gasteiger partial charge < -0.3 is 23.6 Å². The molecule has 2 heterocycles. The zero-order valence-electron chi connectivity index (χ0n) is 19.8. The van der Waals surface area contributed by atoms with Crippen LogP contribution < -0.4 is 20.4 Å². The smallest absolute Gasteiger partial charge is 0.336 e. The molecule has 3 aromatic carbocycles. The van der Waals surface area contributed by atoms with Gasteiger partial charge in [0, 0.05) is 34.0 Å². The van der Waals surface area contributed by atoms with E-state index in [1.807, 2.05) is 30.3 Å². The number of benzene rings is 3. The van der Waals surface area contributed by atoms with Gasteiger partial charge in [0.1, 0.15) is 22.7 Å². The monoisotopic (exact) mass is 481 g/mol.